The van der Waals surface area contributed by atoms with Gasteiger partial charge in [-0.3, -0.25) is 4.79 Å². The normalized spacial score (nSPS) is 11.5. The predicted octanol–water partition coefficient (Wildman–Crippen LogP) is 1.84. The third kappa shape index (κ3) is 4.34. The number of rotatable bonds is 7. The second kappa shape index (κ2) is 7.80. The standard InChI is InChI=1S/C14H21ClN2O4S/c1-5-17(6-2)14(18)10-21-13-8-7-11(9-12(13)15)22(19,20)16(3)4/h7-9H,5-6,10H2,1-4H3. The van der Waals surface area contributed by atoms with Crippen LogP contribution in [-0.4, -0.2) is 57.3 Å². The van der Waals surface area contributed by atoms with Crippen LogP contribution in [-0.2, 0) is 14.8 Å². The van der Waals surface area contributed by atoms with Gasteiger partial charge < -0.3 is 9.64 Å². The molecule has 0 aliphatic carbocycles. The van der Waals surface area contributed by atoms with E-state index in [9.17, 15) is 13.2 Å². The lowest BCUT2D eigenvalue weighted by Crippen LogP contribution is -2.34. The van der Waals surface area contributed by atoms with Crippen molar-refractivity contribution in [2.24, 2.45) is 0 Å². The van der Waals surface area contributed by atoms with Crippen LogP contribution in [0.4, 0.5) is 0 Å². The fourth-order valence-electron chi connectivity index (χ4n) is 1.78. The van der Waals surface area contributed by atoms with Gasteiger partial charge in [0.1, 0.15) is 5.75 Å². The molecule has 0 radical (unpaired) electrons. The average Bonchev–Trinajstić information content (AvgIpc) is 2.46. The topological polar surface area (TPSA) is 66.9 Å². The van der Waals surface area contributed by atoms with E-state index in [0.717, 1.165) is 4.31 Å². The van der Waals surface area contributed by atoms with Crippen LogP contribution in [0.1, 0.15) is 13.8 Å². The molecular formula is C14H21ClN2O4S. The SMILES string of the molecule is CCN(CC)C(=O)COc1ccc(S(=O)(=O)N(C)C)cc1Cl. The van der Waals surface area contributed by atoms with E-state index in [4.69, 9.17) is 16.3 Å². The number of benzene rings is 1. The Morgan fingerprint density at radius 1 is 1.23 bits per heavy atom. The Bertz CT molecular complexity index is 628. The highest BCUT2D eigenvalue weighted by molar-refractivity contribution is 7.89. The molecule has 0 aliphatic heterocycles. The molecule has 0 aliphatic rings. The number of hydrogen-bond donors (Lipinski definition) is 0. The molecule has 0 bridgehead atoms. The van der Waals surface area contributed by atoms with Crippen molar-refractivity contribution >= 4 is 27.5 Å². The van der Waals surface area contributed by atoms with E-state index in [0.29, 0.717) is 13.1 Å². The van der Waals surface area contributed by atoms with Crippen LogP contribution in [0.25, 0.3) is 0 Å². The van der Waals surface area contributed by atoms with E-state index >= 15 is 0 Å². The number of ether oxygens (including phenoxy) is 1. The molecule has 0 saturated heterocycles. The van der Waals surface area contributed by atoms with Crippen LogP contribution in [0, 0.1) is 0 Å². The van der Waals surface area contributed by atoms with Crippen molar-refractivity contribution in [3.63, 3.8) is 0 Å². The fraction of sp³-hybridized carbons (Fsp3) is 0.500. The first-order valence-electron chi connectivity index (χ1n) is 6.86. The molecule has 0 N–H and O–H groups in total. The Hall–Kier alpha value is -1.31. The summed E-state index contributed by atoms with van der Waals surface area (Å²) in [6.07, 6.45) is 0. The molecule has 0 aromatic heterocycles. The van der Waals surface area contributed by atoms with Gasteiger partial charge in [-0.15, -0.1) is 0 Å². The molecule has 0 unspecified atom stereocenters. The summed E-state index contributed by atoms with van der Waals surface area (Å²) >= 11 is 6.04. The minimum Gasteiger partial charge on any atom is -0.482 e. The monoisotopic (exact) mass is 348 g/mol. The third-order valence-electron chi connectivity index (χ3n) is 3.15. The summed E-state index contributed by atoms with van der Waals surface area (Å²) in [7, 11) is -0.669. The Morgan fingerprint density at radius 3 is 2.27 bits per heavy atom. The van der Waals surface area contributed by atoms with E-state index in [-0.39, 0.29) is 28.2 Å². The molecule has 1 amide bonds. The molecule has 8 heteroatoms. The first kappa shape index (κ1) is 18.7. The van der Waals surface area contributed by atoms with Crippen LogP contribution < -0.4 is 4.74 Å². The number of hydrogen-bond acceptors (Lipinski definition) is 4. The van der Waals surface area contributed by atoms with E-state index in [1.165, 1.54) is 32.3 Å². The zero-order chi connectivity index (χ0) is 16.9. The van der Waals surface area contributed by atoms with Crippen molar-refractivity contribution in [1.82, 2.24) is 9.21 Å². The lowest BCUT2D eigenvalue weighted by atomic mass is 10.3. The molecule has 0 saturated carbocycles. The van der Waals surface area contributed by atoms with Gasteiger partial charge in [-0.05, 0) is 32.0 Å². The largest absolute Gasteiger partial charge is 0.482 e. The maximum atomic E-state index is 12.0. The van der Waals surface area contributed by atoms with Gasteiger partial charge in [-0.25, -0.2) is 12.7 Å². The lowest BCUT2D eigenvalue weighted by molar-refractivity contribution is -0.132. The highest BCUT2D eigenvalue weighted by Gasteiger charge is 2.19. The van der Waals surface area contributed by atoms with Gasteiger partial charge in [0, 0.05) is 27.2 Å². The van der Waals surface area contributed by atoms with E-state index in [1.807, 2.05) is 13.8 Å². The Balaban J connectivity index is 2.86. The van der Waals surface area contributed by atoms with Crippen molar-refractivity contribution in [1.29, 1.82) is 0 Å². The van der Waals surface area contributed by atoms with Crippen molar-refractivity contribution in [3.05, 3.63) is 23.2 Å². The molecule has 0 heterocycles. The minimum absolute atomic E-state index is 0.0740. The molecule has 124 valence electrons. The van der Waals surface area contributed by atoms with Crippen molar-refractivity contribution in [3.8, 4) is 5.75 Å². The first-order chi connectivity index (χ1) is 10.2. The zero-order valence-corrected chi connectivity index (χ0v) is 14.7. The van der Waals surface area contributed by atoms with Crippen molar-refractivity contribution < 1.29 is 17.9 Å². The van der Waals surface area contributed by atoms with E-state index in [1.54, 1.807) is 4.90 Å². The Labute approximate surface area is 136 Å². The fourth-order valence-corrected chi connectivity index (χ4v) is 3.01. The molecule has 0 spiro atoms. The quantitative estimate of drug-likeness (QED) is 0.754. The zero-order valence-electron chi connectivity index (χ0n) is 13.2. The van der Waals surface area contributed by atoms with Gasteiger partial charge in [-0.2, -0.15) is 0 Å². The molecule has 1 aromatic rings. The summed E-state index contributed by atoms with van der Waals surface area (Å²) < 4.78 is 30.5. The third-order valence-corrected chi connectivity index (χ3v) is 5.26. The maximum absolute atomic E-state index is 12.0. The number of sulfonamides is 1. The van der Waals surface area contributed by atoms with E-state index < -0.39 is 10.0 Å². The van der Waals surface area contributed by atoms with Gasteiger partial charge >= 0.3 is 0 Å². The Kier molecular flexibility index (Phi) is 6.65. The highest BCUT2D eigenvalue weighted by Crippen LogP contribution is 2.28. The van der Waals surface area contributed by atoms with Crippen LogP contribution >= 0.6 is 11.6 Å². The smallest absolute Gasteiger partial charge is 0.260 e. The lowest BCUT2D eigenvalue weighted by Gasteiger charge is -2.19. The van der Waals surface area contributed by atoms with Crippen LogP contribution in [0.5, 0.6) is 5.75 Å². The van der Waals surface area contributed by atoms with E-state index in [2.05, 4.69) is 0 Å². The van der Waals surface area contributed by atoms with Gasteiger partial charge in [0.15, 0.2) is 6.61 Å². The molecule has 6 nitrogen and oxygen atoms in total. The summed E-state index contributed by atoms with van der Waals surface area (Å²) in [5, 5.41) is 0.148. The number of halogens is 1. The second-order valence-electron chi connectivity index (χ2n) is 4.73. The number of carbonyl (C=O) groups excluding carboxylic acids is 1. The Morgan fingerprint density at radius 2 is 1.82 bits per heavy atom. The summed E-state index contributed by atoms with van der Waals surface area (Å²) in [5.41, 5.74) is 0. The number of nitrogens with zero attached hydrogens (tertiary/aromatic N) is 2. The van der Waals surface area contributed by atoms with Gasteiger partial charge in [0.2, 0.25) is 10.0 Å². The highest BCUT2D eigenvalue weighted by atomic mass is 35.5. The van der Waals surface area contributed by atoms with Crippen molar-refractivity contribution in [2.75, 3.05) is 33.8 Å². The number of likely N-dealkylation sites (N-methyl/N-ethyl adjacent to an activating group) is 1. The average molecular weight is 349 g/mol. The van der Waals surface area contributed by atoms with Gasteiger partial charge in [-0.1, -0.05) is 11.6 Å². The predicted molar refractivity (Wildman–Crippen MR) is 85.7 cm³/mol. The summed E-state index contributed by atoms with van der Waals surface area (Å²) in [5.74, 6) is 0.130. The molecule has 1 rings (SSSR count). The number of amides is 1. The van der Waals surface area contributed by atoms with Crippen LogP contribution in [0.15, 0.2) is 23.1 Å². The number of carbonyl (C=O) groups is 1. The minimum atomic E-state index is -3.55. The summed E-state index contributed by atoms with van der Waals surface area (Å²) in [4.78, 5) is 13.6. The second-order valence-corrected chi connectivity index (χ2v) is 7.29. The summed E-state index contributed by atoms with van der Waals surface area (Å²) in [6.45, 7) is 4.84. The van der Waals surface area contributed by atoms with Gasteiger partial charge in [0.25, 0.3) is 5.91 Å². The van der Waals surface area contributed by atoms with Gasteiger partial charge in [0.05, 0.1) is 9.92 Å². The molecule has 0 atom stereocenters. The molecule has 0 fully saturated rings. The molecule has 1 aromatic carbocycles. The summed E-state index contributed by atoms with van der Waals surface area (Å²) in [6, 6.07) is 4.17. The van der Waals surface area contributed by atoms with Crippen LogP contribution in [0.2, 0.25) is 5.02 Å². The van der Waals surface area contributed by atoms with Crippen molar-refractivity contribution in [2.45, 2.75) is 18.7 Å². The maximum Gasteiger partial charge on any atom is 0.260 e. The molecule has 22 heavy (non-hydrogen) atoms. The first-order valence-corrected chi connectivity index (χ1v) is 8.68. The van der Waals surface area contributed by atoms with Crippen LogP contribution in [0.3, 0.4) is 0 Å². The molecular weight excluding hydrogens is 328 g/mol.